The average molecular weight is 300 g/mol. The minimum absolute atomic E-state index is 0. The molecule has 1 N–H and O–H groups in total. The summed E-state index contributed by atoms with van der Waals surface area (Å²) in [5.74, 6) is -0.718. The van der Waals surface area contributed by atoms with Crippen LogP contribution in [-0.2, 0) is 11.3 Å². The molecular weight excluding hydrogens is 282 g/mol. The number of carboxylic acid groups (broad SMARTS) is 1. The van der Waals surface area contributed by atoms with Gasteiger partial charge in [-0.2, -0.15) is 0 Å². The van der Waals surface area contributed by atoms with Crippen molar-refractivity contribution in [3.63, 3.8) is 0 Å². The van der Waals surface area contributed by atoms with E-state index in [9.17, 15) is 4.79 Å². The molecule has 0 amide bonds. The van der Waals surface area contributed by atoms with Gasteiger partial charge in [-0.1, -0.05) is 18.2 Å². The Kier molecular flexibility index (Phi) is 6.28. The van der Waals surface area contributed by atoms with Crippen LogP contribution in [0.15, 0.2) is 29.6 Å². The molecule has 0 spiro atoms. The van der Waals surface area contributed by atoms with Crippen LogP contribution in [0.1, 0.15) is 18.4 Å². The van der Waals surface area contributed by atoms with Crippen LogP contribution in [0.5, 0.6) is 0 Å². The molecule has 0 unspecified atom stereocenters. The number of fused-ring (bicyclic) bond motifs is 1. The van der Waals surface area contributed by atoms with E-state index < -0.39 is 5.97 Å². The van der Waals surface area contributed by atoms with Crippen molar-refractivity contribution < 1.29 is 9.90 Å². The standard InChI is InChI=1S/C14H17NO2S.ClH/c1-15(8-4-7-14(16)17)9-11-10-18-13-6-3-2-5-12(11)13;/h2-3,5-6,10H,4,7-9H2,1H3,(H,16,17);1H. The lowest BCUT2D eigenvalue weighted by molar-refractivity contribution is -0.137. The van der Waals surface area contributed by atoms with Crippen molar-refractivity contribution >= 4 is 39.8 Å². The Morgan fingerprint density at radius 1 is 1.37 bits per heavy atom. The van der Waals surface area contributed by atoms with Gasteiger partial charge in [-0.25, -0.2) is 0 Å². The van der Waals surface area contributed by atoms with E-state index in [4.69, 9.17) is 5.11 Å². The number of thiophene rings is 1. The molecule has 0 aliphatic carbocycles. The molecule has 0 fully saturated rings. The van der Waals surface area contributed by atoms with Crippen LogP contribution in [0.2, 0.25) is 0 Å². The van der Waals surface area contributed by atoms with Gasteiger partial charge in [0.15, 0.2) is 0 Å². The molecule has 104 valence electrons. The fourth-order valence-electron chi connectivity index (χ4n) is 2.03. The molecule has 0 atom stereocenters. The van der Waals surface area contributed by atoms with Crippen LogP contribution in [-0.4, -0.2) is 29.6 Å². The first-order valence-electron chi connectivity index (χ1n) is 6.02. The lowest BCUT2D eigenvalue weighted by atomic mass is 10.1. The van der Waals surface area contributed by atoms with E-state index >= 15 is 0 Å². The summed E-state index contributed by atoms with van der Waals surface area (Å²) in [5.41, 5.74) is 1.33. The van der Waals surface area contributed by atoms with E-state index in [1.165, 1.54) is 15.6 Å². The van der Waals surface area contributed by atoms with Gasteiger partial charge in [0.2, 0.25) is 0 Å². The Labute approximate surface area is 123 Å². The third-order valence-corrected chi connectivity index (χ3v) is 3.94. The van der Waals surface area contributed by atoms with Crippen LogP contribution >= 0.6 is 23.7 Å². The molecule has 0 aliphatic rings. The Morgan fingerprint density at radius 3 is 2.84 bits per heavy atom. The van der Waals surface area contributed by atoms with Crippen molar-refractivity contribution in [1.82, 2.24) is 4.90 Å². The lowest BCUT2D eigenvalue weighted by Crippen LogP contribution is -2.19. The number of carbonyl (C=O) groups is 1. The summed E-state index contributed by atoms with van der Waals surface area (Å²) in [6, 6.07) is 8.39. The molecule has 19 heavy (non-hydrogen) atoms. The molecule has 1 aromatic carbocycles. The number of halogens is 1. The first kappa shape index (κ1) is 16.0. The van der Waals surface area contributed by atoms with Crippen molar-refractivity contribution in [3.8, 4) is 0 Å². The van der Waals surface area contributed by atoms with E-state index in [1.54, 1.807) is 11.3 Å². The van der Waals surface area contributed by atoms with E-state index in [-0.39, 0.29) is 18.8 Å². The van der Waals surface area contributed by atoms with Crippen molar-refractivity contribution in [2.75, 3.05) is 13.6 Å². The van der Waals surface area contributed by atoms with Crippen molar-refractivity contribution in [1.29, 1.82) is 0 Å². The molecule has 2 rings (SSSR count). The summed E-state index contributed by atoms with van der Waals surface area (Å²) < 4.78 is 1.31. The van der Waals surface area contributed by atoms with Gasteiger partial charge in [-0.05, 0) is 42.4 Å². The zero-order valence-electron chi connectivity index (χ0n) is 10.8. The molecule has 0 aliphatic heterocycles. The first-order chi connectivity index (χ1) is 8.66. The number of hydrogen-bond acceptors (Lipinski definition) is 3. The van der Waals surface area contributed by atoms with E-state index in [0.29, 0.717) is 6.42 Å². The molecule has 2 aromatic rings. The summed E-state index contributed by atoms with van der Waals surface area (Å²) in [6.45, 7) is 1.69. The second-order valence-corrected chi connectivity index (χ2v) is 5.40. The van der Waals surface area contributed by atoms with E-state index in [1.807, 2.05) is 7.05 Å². The highest BCUT2D eigenvalue weighted by molar-refractivity contribution is 7.17. The van der Waals surface area contributed by atoms with Crippen LogP contribution in [0, 0.1) is 0 Å². The van der Waals surface area contributed by atoms with Crippen LogP contribution < -0.4 is 0 Å². The number of nitrogens with zero attached hydrogens (tertiary/aromatic N) is 1. The molecule has 0 saturated heterocycles. The molecule has 5 heteroatoms. The van der Waals surface area contributed by atoms with Gasteiger partial charge in [0.25, 0.3) is 0 Å². The van der Waals surface area contributed by atoms with E-state index in [2.05, 4.69) is 34.5 Å². The predicted molar refractivity (Wildman–Crippen MR) is 82.3 cm³/mol. The van der Waals surface area contributed by atoms with Gasteiger partial charge in [0.1, 0.15) is 0 Å². The van der Waals surface area contributed by atoms with Crippen molar-refractivity contribution in [2.45, 2.75) is 19.4 Å². The van der Waals surface area contributed by atoms with Crippen molar-refractivity contribution in [3.05, 3.63) is 35.2 Å². The normalized spacial score (nSPS) is 10.6. The topological polar surface area (TPSA) is 40.5 Å². The summed E-state index contributed by atoms with van der Waals surface area (Å²) >= 11 is 1.76. The minimum Gasteiger partial charge on any atom is -0.481 e. The number of benzene rings is 1. The van der Waals surface area contributed by atoms with Gasteiger partial charge in [-0.3, -0.25) is 4.79 Å². The van der Waals surface area contributed by atoms with Gasteiger partial charge < -0.3 is 10.0 Å². The van der Waals surface area contributed by atoms with Gasteiger partial charge in [0.05, 0.1) is 0 Å². The van der Waals surface area contributed by atoms with Gasteiger partial charge in [0, 0.05) is 17.7 Å². The second kappa shape index (κ2) is 7.48. The van der Waals surface area contributed by atoms with Crippen LogP contribution in [0.25, 0.3) is 10.1 Å². The third-order valence-electron chi connectivity index (χ3n) is 2.93. The number of hydrogen-bond donors (Lipinski definition) is 1. The lowest BCUT2D eigenvalue weighted by Gasteiger charge is -2.15. The zero-order chi connectivity index (χ0) is 13.0. The third kappa shape index (κ3) is 4.49. The quantitative estimate of drug-likeness (QED) is 0.885. The molecular formula is C14H18ClNO2S. The molecule has 3 nitrogen and oxygen atoms in total. The minimum atomic E-state index is -0.718. The molecule has 0 radical (unpaired) electrons. The fourth-order valence-corrected chi connectivity index (χ4v) is 2.98. The molecule has 1 heterocycles. The largest absolute Gasteiger partial charge is 0.481 e. The second-order valence-electron chi connectivity index (χ2n) is 4.49. The number of rotatable bonds is 6. The smallest absolute Gasteiger partial charge is 0.303 e. The Bertz CT molecular complexity index is 541. The SMILES string of the molecule is CN(CCCC(=O)O)Cc1csc2ccccc12.Cl. The Hall–Kier alpha value is -1.10. The molecule has 1 aromatic heterocycles. The molecule has 0 saturated carbocycles. The average Bonchev–Trinajstić information content (AvgIpc) is 2.72. The summed E-state index contributed by atoms with van der Waals surface area (Å²) in [7, 11) is 2.04. The van der Waals surface area contributed by atoms with Crippen LogP contribution in [0.4, 0.5) is 0 Å². The van der Waals surface area contributed by atoms with Gasteiger partial charge >= 0.3 is 5.97 Å². The predicted octanol–water partition coefficient (Wildman–Crippen LogP) is 3.62. The van der Waals surface area contributed by atoms with Crippen molar-refractivity contribution in [2.24, 2.45) is 0 Å². The summed E-state index contributed by atoms with van der Waals surface area (Å²) in [6.07, 6.45) is 0.947. The maximum Gasteiger partial charge on any atom is 0.303 e. The van der Waals surface area contributed by atoms with E-state index in [0.717, 1.165) is 13.1 Å². The fraction of sp³-hybridized carbons (Fsp3) is 0.357. The monoisotopic (exact) mass is 299 g/mol. The van der Waals surface area contributed by atoms with Gasteiger partial charge in [-0.15, -0.1) is 23.7 Å². The number of carboxylic acids is 1. The highest BCUT2D eigenvalue weighted by Gasteiger charge is 2.07. The Morgan fingerprint density at radius 2 is 2.11 bits per heavy atom. The van der Waals surface area contributed by atoms with Crippen LogP contribution in [0.3, 0.4) is 0 Å². The highest BCUT2D eigenvalue weighted by atomic mass is 35.5. The number of aliphatic carboxylic acids is 1. The highest BCUT2D eigenvalue weighted by Crippen LogP contribution is 2.26. The zero-order valence-corrected chi connectivity index (χ0v) is 12.5. The first-order valence-corrected chi connectivity index (χ1v) is 6.90. The maximum absolute atomic E-state index is 10.5. The molecule has 0 bridgehead atoms. The Balaban J connectivity index is 0.00000180. The summed E-state index contributed by atoms with van der Waals surface area (Å²) in [4.78, 5) is 12.6. The summed E-state index contributed by atoms with van der Waals surface area (Å²) in [5, 5.41) is 12.1. The maximum atomic E-state index is 10.5.